The van der Waals surface area contributed by atoms with Gasteiger partial charge < -0.3 is 9.52 Å². The Morgan fingerprint density at radius 2 is 1.47 bits per heavy atom. The van der Waals surface area contributed by atoms with Gasteiger partial charge in [0.25, 0.3) is 11.8 Å². The van der Waals surface area contributed by atoms with Crippen LogP contribution in [-0.2, 0) is 43.6 Å². The average molecular weight is 764 g/mol. The predicted octanol–water partition coefficient (Wildman–Crippen LogP) is 7.31. The first kappa shape index (κ1) is 36.3. The van der Waals surface area contributed by atoms with E-state index in [-0.39, 0.29) is 30.4 Å². The van der Waals surface area contributed by atoms with Crippen molar-refractivity contribution in [3.63, 3.8) is 0 Å². The molecule has 8 rings (SSSR count). The fraction of sp³-hybridized carbons (Fsp3) is 0.300. The quantitative estimate of drug-likeness (QED) is 0.120. The van der Waals surface area contributed by atoms with Crippen LogP contribution in [0.3, 0.4) is 0 Å². The van der Waals surface area contributed by atoms with E-state index in [1.54, 1.807) is 66.7 Å². The van der Waals surface area contributed by atoms with E-state index in [0.29, 0.717) is 33.9 Å². The summed E-state index contributed by atoms with van der Waals surface area (Å²) in [5.74, 6) is -8.74. The van der Waals surface area contributed by atoms with Crippen molar-refractivity contribution in [1.82, 2.24) is 5.01 Å². The molecule has 2 N–H and O–H groups in total. The number of rotatable bonds is 6. The lowest BCUT2D eigenvalue weighted by Gasteiger charge is -2.49. The summed E-state index contributed by atoms with van der Waals surface area (Å²) in [6.45, 7) is 1.36. The molecule has 9 nitrogen and oxygen atoms in total. The summed E-state index contributed by atoms with van der Waals surface area (Å²) in [5.41, 5.74) is -0.763. The Morgan fingerprint density at radius 1 is 0.818 bits per heavy atom. The number of carbonyl (C=O) groups excluding carboxylic acids is 4. The zero-order valence-electron chi connectivity index (χ0n) is 28.8. The highest BCUT2D eigenvalue weighted by atomic mass is 19.4. The summed E-state index contributed by atoms with van der Waals surface area (Å²) < 4.78 is 89.3. The first-order valence-electron chi connectivity index (χ1n) is 17.4. The van der Waals surface area contributed by atoms with Crippen molar-refractivity contribution >= 4 is 35.0 Å². The number of nitrogens with zero attached hydrogens (tertiary/aromatic N) is 2. The number of furan rings is 1. The molecule has 2 aliphatic heterocycles. The van der Waals surface area contributed by atoms with Crippen LogP contribution in [0.2, 0.25) is 0 Å². The second-order valence-corrected chi connectivity index (χ2v) is 14.3. The summed E-state index contributed by atoms with van der Waals surface area (Å²) in [7, 11) is 0. The molecule has 284 valence electrons. The molecule has 0 bridgehead atoms. The number of fused-ring (bicyclic) bond motifs is 4. The number of imide groups is 2. The molecular weight excluding hydrogens is 732 g/mol. The normalized spacial score (nSPS) is 26.5. The lowest BCUT2D eigenvalue weighted by Crippen LogP contribution is -2.53. The minimum Gasteiger partial charge on any atom is -0.463 e. The van der Waals surface area contributed by atoms with Gasteiger partial charge in [0.2, 0.25) is 11.8 Å². The van der Waals surface area contributed by atoms with Gasteiger partial charge in [-0.2, -0.15) is 31.4 Å². The maximum absolute atomic E-state index is 15.1. The van der Waals surface area contributed by atoms with Gasteiger partial charge >= 0.3 is 12.4 Å². The summed E-state index contributed by atoms with van der Waals surface area (Å²) in [5, 5.41) is 10.9. The van der Waals surface area contributed by atoms with Gasteiger partial charge in [-0.25, -0.2) is 4.90 Å². The highest BCUT2D eigenvalue weighted by Crippen LogP contribution is 2.64. The van der Waals surface area contributed by atoms with Gasteiger partial charge in [0, 0.05) is 0 Å². The Labute approximate surface area is 309 Å². The maximum Gasteiger partial charge on any atom is 0.416 e. The number of aliphatic hydroxyl groups is 1. The van der Waals surface area contributed by atoms with E-state index in [2.05, 4.69) is 5.43 Å². The number of carbonyl (C=O) groups is 4. The van der Waals surface area contributed by atoms with Crippen molar-refractivity contribution in [2.24, 2.45) is 23.7 Å². The van der Waals surface area contributed by atoms with Crippen LogP contribution >= 0.6 is 0 Å². The number of halogens is 6. The highest BCUT2D eigenvalue weighted by molar-refractivity contribution is 6.22. The van der Waals surface area contributed by atoms with E-state index in [9.17, 15) is 45.8 Å². The largest absolute Gasteiger partial charge is 0.463 e. The van der Waals surface area contributed by atoms with Crippen molar-refractivity contribution in [3.8, 4) is 0 Å². The van der Waals surface area contributed by atoms with E-state index in [1.807, 2.05) is 6.92 Å². The Bertz CT molecular complexity index is 2230. The summed E-state index contributed by atoms with van der Waals surface area (Å²) in [6, 6.07) is 19.1. The minimum absolute atomic E-state index is 0.0841. The lowest BCUT2D eigenvalue weighted by molar-refractivity contribution is -0.143. The summed E-state index contributed by atoms with van der Waals surface area (Å²) >= 11 is 0. The number of hydrogen-bond donors (Lipinski definition) is 2. The Kier molecular flexibility index (Phi) is 8.37. The minimum atomic E-state index is -5.23. The number of hydrazine groups is 1. The number of aryl methyl sites for hydroxylation is 1. The summed E-state index contributed by atoms with van der Waals surface area (Å²) in [4.78, 5) is 58.6. The third kappa shape index (κ3) is 5.57. The molecule has 15 heteroatoms. The smallest absolute Gasteiger partial charge is 0.416 e. The summed E-state index contributed by atoms with van der Waals surface area (Å²) in [6.07, 6.45) is -9.12. The number of hydrogen-bond acceptors (Lipinski definition) is 7. The van der Waals surface area contributed by atoms with Crippen LogP contribution in [0.4, 0.5) is 37.7 Å². The first-order chi connectivity index (χ1) is 26.0. The highest BCUT2D eigenvalue weighted by Gasteiger charge is 2.71. The van der Waals surface area contributed by atoms with Crippen LogP contribution in [0.5, 0.6) is 0 Å². The Morgan fingerprint density at radius 3 is 2.07 bits per heavy atom. The van der Waals surface area contributed by atoms with E-state index in [1.165, 1.54) is 6.07 Å². The number of allylic oxidation sites excluding steroid dienone is 2. The van der Waals surface area contributed by atoms with Crippen molar-refractivity contribution in [3.05, 3.63) is 130 Å². The number of amides is 4. The third-order valence-corrected chi connectivity index (χ3v) is 11.3. The molecule has 2 aliphatic carbocycles. The van der Waals surface area contributed by atoms with Crippen molar-refractivity contribution in [2.75, 3.05) is 10.3 Å². The van der Waals surface area contributed by atoms with Gasteiger partial charge in [-0.1, -0.05) is 59.7 Å². The van der Waals surface area contributed by atoms with Gasteiger partial charge in [-0.3, -0.25) is 24.6 Å². The van der Waals surface area contributed by atoms with E-state index >= 15 is 4.79 Å². The lowest BCUT2D eigenvalue weighted by atomic mass is 9.50. The van der Waals surface area contributed by atoms with Gasteiger partial charge in [0.15, 0.2) is 0 Å². The molecule has 3 fully saturated rings. The Balaban J connectivity index is 1.28. The molecule has 0 radical (unpaired) electrons. The zero-order valence-corrected chi connectivity index (χ0v) is 28.8. The molecule has 2 saturated heterocycles. The zero-order chi connectivity index (χ0) is 39.2. The van der Waals surface area contributed by atoms with Crippen LogP contribution in [0.25, 0.3) is 0 Å². The average Bonchev–Trinajstić information content (AvgIpc) is 3.79. The fourth-order valence-electron chi connectivity index (χ4n) is 9.01. The molecule has 6 atom stereocenters. The second-order valence-electron chi connectivity index (χ2n) is 14.3. The van der Waals surface area contributed by atoms with Crippen LogP contribution in [-0.4, -0.2) is 33.7 Å². The van der Waals surface area contributed by atoms with Gasteiger partial charge in [-0.15, -0.1) is 0 Å². The standard InChI is InChI=1S/C40H31F6N3O6/c1-20-7-9-24(10-8-20)47-49-35(52)30-18-29-27(33(31-14-11-26(19-50)55-31)38(30,37(49)54)21-5-3-2-4-6-21)12-13-28-32(29)36(53)48(34(28)51)25-16-22(39(41,42)43)15-23(17-25)40(44,45)46/h2-12,14-17,28-30,32-33,47,50H,13,18-19H2,1H3. The molecule has 3 aromatic carbocycles. The van der Waals surface area contributed by atoms with Crippen molar-refractivity contribution in [1.29, 1.82) is 0 Å². The Hall–Kier alpha value is -5.70. The number of alkyl halides is 6. The SMILES string of the molecule is Cc1ccc(NN2C(=O)C3CC4C(=CCC5C(=O)N(c6cc(C(F)(F)F)cc(C(F)(F)F)c6)C(=O)C54)C(c4ccc(CO)o4)C3(c3ccccc3)C2=O)cc1. The van der Waals surface area contributed by atoms with Gasteiger partial charge in [0.1, 0.15) is 23.5 Å². The van der Waals surface area contributed by atoms with E-state index in [4.69, 9.17) is 4.42 Å². The van der Waals surface area contributed by atoms with E-state index in [0.717, 1.165) is 10.6 Å². The molecule has 3 heterocycles. The van der Waals surface area contributed by atoms with E-state index < -0.39 is 94.4 Å². The maximum atomic E-state index is 15.1. The van der Waals surface area contributed by atoms with Crippen LogP contribution < -0.4 is 10.3 Å². The van der Waals surface area contributed by atoms with Gasteiger partial charge in [0.05, 0.1) is 46.2 Å². The third-order valence-electron chi connectivity index (χ3n) is 11.3. The molecular formula is C40H31F6N3O6. The molecule has 1 aromatic heterocycles. The molecule has 6 unspecified atom stereocenters. The van der Waals surface area contributed by atoms with Crippen molar-refractivity contribution in [2.45, 2.75) is 50.1 Å². The van der Waals surface area contributed by atoms with Crippen LogP contribution in [0, 0.1) is 30.6 Å². The second kappa shape index (κ2) is 12.7. The first-order valence-corrected chi connectivity index (χ1v) is 17.4. The molecule has 1 saturated carbocycles. The van der Waals surface area contributed by atoms with Crippen LogP contribution in [0.15, 0.2) is 101 Å². The predicted molar refractivity (Wildman–Crippen MR) is 182 cm³/mol. The van der Waals surface area contributed by atoms with Crippen LogP contribution in [0.1, 0.15) is 52.5 Å². The molecule has 55 heavy (non-hydrogen) atoms. The topological polar surface area (TPSA) is 120 Å². The van der Waals surface area contributed by atoms with Gasteiger partial charge in [-0.05, 0) is 73.7 Å². The number of aliphatic hydroxyl groups excluding tert-OH is 1. The van der Waals surface area contributed by atoms with Crippen molar-refractivity contribution < 1.29 is 55.0 Å². The fourth-order valence-corrected chi connectivity index (χ4v) is 9.01. The monoisotopic (exact) mass is 763 g/mol. The number of nitrogens with one attached hydrogen (secondary N) is 1. The molecule has 4 aliphatic rings. The molecule has 0 spiro atoms. The molecule has 4 amide bonds. The molecule has 4 aromatic rings. The number of benzene rings is 3. The number of anilines is 2.